The second-order valence-electron chi connectivity index (χ2n) is 8.22. The zero-order valence-corrected chi connectivity index (χ0v) is 19.5. The van der Waals surface area contributed by atoms with Gasteiger partial charge in [0, 0.05) is 10.8 Å². The van der Waals surface area contributed by atoms with E-state index in [2.05, 4.69) is 6.92 Å². The first kappa shape index (κ1) is 24.7. The molecule has 168 valence electrons. The highest BCUT2D eigenvalue weighted by molar-refractivity contribution is 7.86. The van der Waals surface area contributed by atoms with Gasteiger partial charge in [0.2, 0.25) is 0 Å². The van der Waals surface area contributed by atoms with E-state index in [0.29, 0.717) is 11.1 Å². The van der Waals surface area contributed by atoms with E-state index in [0.717, 1.165) is 23.8 Å². The summed E-state index contributed by atoms with van der Waals surface area (Å²) in [6.45, 7) is 2.26. The number of hydrogen-bond donors (Lipinski definition) is 1. The van der Waals surface area contributed by atoms with E-state index in [1.807, 2.05) is 12.1 Å². The highest BCUT2D eigenvalue weighted by Crippen LogP contribution is 2.34. The Balaban J connectivity index is 1.82. The SMILES string of the molecule is CCCCCCCCCCCCCCc1ccc(S(=O)(=O)O)c2cccc(OC)c12. The van der Waals surface area contributed by atoms with Crippen molar-refractivity contribution in [1.82, 2.24) is 0 Å². The highest BCUT2D eigenvalue weighted by atomic mass is 32.2. The van der Waals surface area contributed by atoms with Gasteiger partial charge in [-0.3, -0.25) is 4.55 Å². The number of hydrogen-bond acceptors (Lipinski definition) is 3. The van der Waals surface area contributed by atoms with Crippen molar-refractivity contribution in [3.05, 3.63) is 35.9 Å². The minimum Gasteiger partial charge on any atom is -0.496 e. The molecule has 2 aromatic carbocycles. The van der Waals surface area contributed by atoms with Crippen LogP contribution in [-0.2, 0) is 16.5 Å². The average Bonchev–Trinajstić information content (AvgIpc) is 2.73. The van der Waals surface area contributed by atoms with Gasteiger partial charge < -0.3 is 4.74 Å². The molecule has 1 N–H and O–H groups in total. The van der Waals surface area contributed by atoms with Crippen molar-refractivity contribution < 1.29 is 17.7 Å². The number of methoxy groups -OCH3 is 1. The minimum absolute atomic E-state index is 0.0603. The van der Waals surface area contributed by atoms with Crippen LogP contribution in [0.25, 0.3) is 10.8 Å². The van der Waals surface area contributed by atoms with E-state index < -0.39 is 10.1 Å². The predicted molar refractivity (Wildman–Crippen MR) is 125 cm³/mol. The van der Waals surface area contributed by atoms with Crippen LogP contribution >= 0.6 is 0 Å². The minimum atomic E-state index is -4.27. The standard InChI is InChI=1S/C25H38O4S/c1-3-4-5-6-7-8-9-10-11-12-13-14-16-21-19-20-24(30(26,27)28)22-17-15-18-23(29-2)25(21)22/h15,17-20H,3-14,16H2,1-2H3,(H,26,27,28). The number of rotatable bonds is 15. The van der Waals surface area contributed by atoms with E-state index >= 15 is 0 Å². The van der Waals surface area contributed by atoms with Gasteiger partial charge in [-0.05, 0) is 30.5 Å². The lowest BCUT2D eigenvalue weighted by Gasteiger charge is -2.13. The van der Waals surface area contributed by atoms with Crippen LogP contribution < -0.4 is 4.74 Å². The third-order valence-electron chi connectivity index (χ3n) is 5.85. The van der Waals surface area contributed by atoms with Crippen molar-refractivity contribution in [2.24, 2.45) is 0 Å². The largest absolute Gasteiger partial charge is 0.496 e. The smallest absolute Gasteiger partial charge is 0.295 e. The Morgan fingerprint density at radius 2 is 1.37 bits per heavy atom. The molecule has 4 nitrogen and oxygen atoms in total. The highest BCUT2D eigenvalue weighted by Gasteiger charge is 2.18. The molecule has 5 heteroatoms. The molecule has 0 spiro atoms. The van der Waals surface area contributed by atoms with Crippen LogP contribution in [0.4, 0.5) is 0 Å². The average molecular weight is 435 g/mol. The fourth-order valence-corrected chi connectivity index (χ4v) is 4.86. The third kappa shape index (κ3) is 7.59. The van der Waals surface area contributed by atoms with E-state index in [4.69, 9.17) is 4.74 Å². The van der Waals surface area contributed by atoms with Gasteiger partial charge in [-0.1, -0.05) is 95.8 Å². The van der Waals surface area contributed by atoms with Crippen LogP contribution in [-0.4, -0.2) is 20.1 Å². The van der Waals surface area contributed by atoms with Crippen LogP contribution in [0.2, 0.25) is 0 Å². The number of unbranched alkanes of at least 4 members (excludes halogenated alkanes) is 11. The Bertz CT molecular complexity index is 874. The molecular weight excluding hydrogens is 396 g/mol. The number of ether oxygens (including phenoxy) is 1. The molecule has 30 heavy (non-hydrogen) atoms. The molecule has 0 atom stereocenters. The molecule has 0 radical (unpaired) electrons. The third-order valence-corrected chi connectivity index (χ3v) is 6.76. The molecule has 0 amide bonds. The Hall–Kier alpha value is -1.59. The Morgan fingerprint density at radius 1 is 0.800 bits per heavy atom. The van der Waals surface area contributed by atoms with E-state index in [1.165, 1.54) is 76.7 Å². The summed E-state index contributed by atoms with van der Waals surface area (Å²) in [5.74, 6) is 0.645. The maximum Gasteiger partial charge on any atom is 0.295 e. The summed E-state index contributed by atoms with van der Waals surface area (Å²) in [4.78, 5) is -0.0603. The topological polar surface area (TPSA) is 63.6 Å². The monoisotopic (exact) mass is 434 g/mol. The molecule has 2 aromatic rings. The number of fused-ring (bicyclic) bond motifs is 1. The van der Waals surface area contributed by atoms with Gasteiger partial charge in [-0.2, -0.15) is 8.42 Å². The van der Waals surface area contributed by atoms with Gasteiger partial charge in [0.15, 0.2) is 0 Å². The Labute approximate surface area is 182 Å². The van der Waals surface area contributed by atoms with E-state index in [9.17, 15) is 13.0 Å². The van der Waals surface area contributed by atoms with Crippen molar-refractivity contribution in [2.75, 3.05) is 7.11 Å². The first-order valence-electron chi connectivity index (χ1n) is 11.5. The number of aryl methyl sites for hydroxylation is 1. The lowest BCUT2D eigenvalue weighted by molar-refractivity contribution is 0.419. The Kier molecular flexibility index (Phi) is 10.7. The van der Waals surface area contributed by atoms with Crippen LogP contribution in [0.5, 0.6) is 5.75 Å². The molecule has 0 aromatic heterocycles. The van der Waals surface area contributed by atoms with Crippen molar-refractivity contribution in [1.29, 1.82) is 0 Å². The second kappa shape index (κ2) is 13.0. The van der Waals surface area contributed by atoms with Crippen molar-refractivity contribution >= 4 is 20.9 Å². The van der Waals surface area contributed by atoms with Crippen LogP contribution in [0.3, 0.4) is 0 Å². The molecule has 0 heterocycles. The predicted octanol–water partition coefficient (Wildman–Crippen LogP) is 7.34. The molecule has 0 unspecified atom stereocenters. The van der Waals surface area contributed by atoms with Gasteiger partial charge in [-0.15, -0.1) is 0 Å². The molecule has 0 saturated heterocycles. The van der Waals surface area contributed by atoms with Crippen LogP contribution in [0.1, 0.15) is 89.5 Å². The van der Waals surface area contributed by atoms with Gasteiger partial charge >= 0.3 is 0 Å². The molecule has 2 rings (SSSR count). The quantitative estimate of drug-likeness (QED) is 0.235. The van der Waals surface area contributed by atoms with Crippen molar-refractivity contribution in [3.63, 3.8) is 0 Å². The first-order valence-corrected chi connectivity index (χ1v) is 13.0. The molecule has 0 aliphatic rings. The first-order chi connectivity index (χ1) is 14.5. The van der Waals surface area contributed by atoms with Gasteiger partial charge in [0.1, 0.15) is 10.6 Å². The summed E-state index contributed by atoms with van der Waals surface area (Å²) in [6, 6.07) is 8.64. The van der Waals surface area contributed by atoms with Crippen molar-refractivity contribution in [2.45, 2.75) is 95.3 Å². The van der Waals surface area contributed by atoms with Gasteiger partial charge in [-0.25, -0.2) is 0 Å². The summed E-state index contributed by atoms with van der Waals surface area (Å²) in [5.41, 5.74) is 1.07. The molecule has 0 saturated carbocycles. The van der Waals surface area contributed by atoms with Crippen molar-refractivity contribution in [3.8, 4) is 5.75 Å². The summed E-state index contributed by atoms with van der Waals surface area (Å²) in [7, 11) is -2.69. The van der Waals surface area contributed by atoms with Crippen LogP contribution in [0.15, 0.2) is 35.2 Å². The Morgan fingerprint density at radius 3 is 1.90 bits per heavy atom. The summed E-state index contributed by atoms with van der Waals surface area (Å²) >= 11 is 0. The zero-order valence-electron chi connectivity index (χ0n) is 18.7. The normalized spacial score (nSPS) is 11.8. The van der Waals surface area contributed by atoms with Gasteiger partial charge in [0.25, 0.3) is 10.1 Å². The lowest BCUT2D eigenvalue weighted by atomic mass is 9.98. The van der Waals surface area contributed by atoms with Crippen LogP contribution in [0, 0.1) is 0 Å². The molecule has 0 bridgehead atoms. The lowest BCUT2D eigenvalue weighted by Crippen LogP contribution is -2.01. The molecule has 0 aliphatic carbocycles. The maximum absolute atomic E-state index is 11.7. The van der Waals surface area contributed by atoms with Gasteiger partial charge in [0.05, 0.1) is 7.11 Å². The summed E-state index contributed by atoms with van der Waals surface area (Å²) in [6.07, 6.45) is 16.6. The summed E-state index contributed by atoms with van der Waals surface area (Å²) < 4.78 is 38.5. The number of benzene rings is 2. The zero-order chi connectivity index (χ0) is 21.8. The fraction of sp³-hybridized carbons (Fsp3) is 0.600. The second-order valence-corrected chi connectivity index (χ2v) is 9.61. The molecular formula is C25H38O4S. The van der Waals surface area contributed by atoms with E-state index in [1.54, 1.807) is 19.2 Å². The molecule has 0 fully saturated rings. The fourth-order valence-electron chi connectivity index (χ4n) is 4.18. The maximum atomic E-state index is 11.7. The molecule has 0 aliphatic heterocycles. The summed E-state index contributed by atoms with van der Waals surface area (Å²) in [5, 5.41) is 1.31. The van der Waals surface area contributed by atoms with E-state index in [-0.39, 0.29) is 4.90 Å².